The van der Waals surface area contributed by atoms with Crippen LogP contribution in [0.5, 0.6) is 0 Å². The second-order valence-corrected chi connectivity index (χ2v) is 3.45. The number of rotatable bonds is 3. The zero-order valence-electron chi connectivity index (χ0n) is 7.40. The molecule has 3 nitrogen and oxygen atoms in total. The van der Waals surface area contributed by atoms with Crippen LogP contribution in [0.2, 0.25) is 0 Å². The molecule has 0 radical (unpaired) electrons. The molecule has 0 aromatic heterocycles. The predicted octanol–water partition coefficient (Wildman–Crippen LogP) is 2.14. The summed E-state index contributed by atoms with van der Waals surface area (Å²) in [7, 11) is 0. The Morgan fingerprint density at radius 2 is 2.07 bits per heavy atom. The molecule has 0 saturated carbocycles. The lowest BCUT2D eigenvalue weighted by molar-refractivity contribution is -0.124. The van der Waals surface area contributed by atoms with Crippen LogP contribution < -0.4 is 5.48 Å². The molecular formula is C10H10INO2. The lowest BCUT2D eigenvalue weighted by atomic mass is 10.1. The Morgan fingerprint density at radius 3 is 2.57 bits per heavy atom. The Balaban J connectivity index is 2.68. The van der Waals surface area contributed by atoms with Gasteiger partial charge < -0.3 is 0 Å². The molecule has 74 valence electrons. The number of hydroxylamine groups is 1. The van der Waals surface area contributed by atoms with Gasteiger partial charge in [-0.25, -0.2) is 5.48 Å². The second-order valence-electron chi connectivity index (χ2n) is 2.68. The Labute approximate surface area is 95.9 Å². The Kier molecular flexibility index (Phi) is 4.61. The summed E-state index contributed by atoms with van der Waals surface area (Å²) in [5, 5.41) is 8.24. The van der Waals surface area contributed by atoms with Crippen LogP contribution in [0.15, 0.2) is 30.3 Å². The maximum atomic E-state index is 10.7. The quantitative estimate of drug-likeness (QED) is 0.295. The summed E-state index contributed by atoms with van der Waals surface area (Å²) < 4.78 is 0.971. The number of nitrogens with one attached hydrogen (secondary N) is 1. The third-order valence-electron chi connectivity index (χ3n) is 1.67. The summed E-state index contributed by atoms with van der Waals surface area (Å²) >= 11 is 2.29. The van der Waals surface area contributed by atoms with Gasteiger partial charge >= 0.3 is 0 Å². The first-order valence-electron chi connectivity index (χ1n) is 4.03. The van der Waals surface area contributed by atoms with Crippen LogP contribution in [0.1, 0.15) is 11.1 Å². The molecule has 14 heavy (non-hydrogen) atoms. The highest BCUT2D eigenvalue weighted by Gasteiger charge is 1.92. The van der Waals surface area contributed by atoms with Crippen molar-refractivity contribution in [3.8, 4) is 0 Å². The summed E-state index contributed by atoms with van der Waals surface area (Å²) in [6.45, 7) is 0. The zero-order valence-corrected chi connectivity index (χ0v) is 9.56. The first-order chi connectivity index (χ1) is 6.76. The van der Waals surface area contributed by atoms with Gasteiger partial charge in [-0.1, -0.05) is 46.9 Å². The molecule has 1 amide bonds. The van der Waals surface area contributed by atoms with Gasteiger partial charge in [-0.05, 0) is 17.2 Å². The monoisotopic (exact) mass is 303 g/mol. The van der Waals surface area contributed by atoms with Gasteiger partial charge in [0.15, 0.2) is 0 Å². The number of carbonyl (C=O) groups excluding carboxylic acids is 1. The fourth-order valence-corrected chi connectivity index (χ4v) is 1.44. The van der Waals surface area contributed by atoms with Gasteiger partial charge in [0, 0.05) is 10.5 Å². The maximum Gasteiger partial charge on any atom is 0.267 e. The van der Waals surface area contributed by atoms with Gasteiger partial charge in [-0.3, -0.25) is 10.0 Å². The van der Waals surface area contributed by atoms with Crippen molar-refractivity contribution in [2.24, 2.45) is 0 Å². The second kappa shape index (κ2) is 5.77. The highest BCUT2D eigenvalue weighted by Crippen LogP contribution is 2.09. The van der Waals surface area contributed by atoms with Gasteiger partial charge in [0.2, 0.25) is 0 Å². The summed E-state index contributed by atoms with van der Waals surface area (Å²) in [4.78, 5) is 10.7. The van der Waals surface area contributed by atoms with Crippen molar-refractivity contribution in [2.45, 2.75) is 4.43 Å². The Hall–Kier alpha value is -0.880. The molecule has 0 saturated heterocycles. The van der Waals surface area contributed by atoms with Crippen molar-refractivity contribution in [3.63, 3.8) is 0 Å². The predicted molar refractivity (Wildman–Crippen MR) is 63.1 cm³/mol. The molecule has 1 rings (SSSR count). The van der Waals surface area contributed by atoms with E-state index in [1.807, 2.05) is 24.3 Å². The molecule has 0 unspecified atom stereocenters. The Bertz CT molecular complexity index is 332. The van der Waals surface area contributed by atoms with E-state index in [1.54, 1.807) is 6.08 Å². The largest absolute Gasteiger partial charge is 0.288 e. The number of amides is 1. The van der Waals surface area contributed by atoms with E-state index in [2.05, 4.69) is 22.6 Å². The lowest BCUT2D eigenvalue weighted by Crippen LogP contribution is -2.14. The number of hydrogen-bond donors (Lipinski definition) is 2. The van der Waals surface area contributed by atoms with Crippen LogP contribution in [0.25, 0.3) is 6.08 Å². The molecular weight excluding hydrogens is 293 g/mol. The van der Waals surface area contributed by atoms with Gasteiger partial charge in [0.05, 0.1) is 0 Å². The SMILES string of the molecule is O=C(/C=C/c1ccc(CI)cc1)NO. The molecule has 4 heteroatoms. The third kappa shape index (κ3) is 3.47. The summed E-state index contributed by atoms with van der Waals surface area (Å²) in [6, 6.07) is 7.86. The molecule has 2 N–H and O–H groups in total. The fraction of sp³-hybridized carbons (Fsp3) is 0.100. The molecule has 0 bridgehead atoms. The highest BCUT2D eigenvalue weighted by molar-refractivity contribution is 14.1. The smallest absolute Gasteiger partial charge is 0.267 e. The van der Waals surface area contributed by atoms with E-state index in [9.17, 15) is 4.79 Å². The summed E-state index contributed by atoms with van der Waals surface area (Å²) in [6.07, 6.45) is 2.92. The van der Waals surface area contributed by atoms with E-state index in [0.29, 0.717) is 0 Å². The minimum Gasteiger partial charge on any atom is -0.288 e. The summed E-state index contributed by atoms with van der Waals surface area (Å²) in [5.74, 6) is -0.525. The van der Waals surface area contributed by atoms with Crippen molar-refractivity contribution in [1.82, 2.24) is 5.48 Å². The first kappa shape index (κ1) is 11.2. The van der Waals surface area contributed by atoms with E-state index < -0.39 is 5.91 Å². The average molecular weight is 303 g/mol. The van der Waals surface area contributed by atoms with Gasteiger partial charge in [0.1, 0.15) is 0 Å². The summed E-state index contributed by atoms with van der Waals surface area (Å²) in [5.41, 5.74) is 3.71. The van der Waals surface area contributed by atoms with E-state index in [0.717, 1.165) is 9.99 Å². The molecule has 1 aromatic carbocycles. The van der Waals surface area contributed by atoms with Crippen LogP contribution in [0.3, 0.4) is 0 Å². The van der Waals surface area contributed by atoms with Gasteiger partial charge in [-0.15, -0.1) is 0 Å². The van der Waals surface area contributed by atoms with Crippen LogP contribution in [0.4, 0.5) is 0 Å². The van der Waals surface area contributed by atoms with Crippen molar-refractivity contribution in [1.29, 1.82) is 0 Å². The molecule has 0 aliphatic carbocycles. The molecule has 0 fully saturated rings. The van der Waals surface area contributed by atoms with Crippen LogP contribution >= 0.6 is 22.6 Å². The molecule has 0 spiro atoms. The van der Waals surface area contributed by atoms with E-state index >= 15 is 0 Å². The lowest BCUT2D eigenvalue weighted by Gasteiger charge is -1.96. The molecule has 0 heterocycles. The van der Waals surface area contributed by atoms with Crippen molar-refractivity contribution in [2.75, 3.05) is 0 Å². The van der Waals surface area contributed by atoms with Gasteiger partial charge in [0.25, 0.3) is 5.91 Å². The van der Waals surface area contributed by atoms with Crippen LogP contribution in [-0.2, 0) is 9.22 Å². The van der Waals surface area contributed by atoms with Gasteiger partial charge in [-0.2, -0.15) is 0 Å². The standard InChI is InChI=1S/C10H10INO2/c11-7-9-3-1-8(2-4-9)5-6-10(13)12-14/h1-6,14H,7H2,(H,12,13)/b6-5+. The van der Waals surface area contributed by atoms with E-state index in [4.69, 9.17) is 5.21 Å². The minimum absolute atomic E-state index is 0.525. The van der Waals surface area contributed by atoms with E-state index in [-0.39, 0.29) is 0 Å². The highest BCUT2D eigenvalue weighted by atomic mass is 127. The zero-order chi connectivity index (χ0) is 10.4. The Morgan fingerprint density at radius 1 is 1.43 bits per heavy atom. The maximum absolute atomic E-state index is 10.7. The van der Waals surface area contributed by atoms with Crippen molar-refractivity contribution >= 4 is 34.6 Å². The average Bonchev–Trinajstić information content (AvgIpc) is 2.26. The van der Waals surface area contributed by atoms with Crippen molar-refractivity contribution < 1.29 is 10.0 Å². The number of alkyl halides is 1. The molecule has 0 aliphatic rings. The normalized spacial score (nSPS) is 10.4. The fourth-order valence-electron chi connectivity index (χ4n) is 0.927. The number of hydrogen-bond acceptors (Lipinski definition) is 2. The number of carbonyl (C=O) groups is 1. The molecule has 0 atom stereocenters. The third-order valence-corrected chi connectivity index (χ3v) is 2.55. The van der Waals surface area contributed by atoms with Crippen LogP contribution in [0, 0.1) is 0 Å². The number of halogens is 1. The van der Waals surface area contributed by atoms with Crippen molar-refractivity contribution in [3.05, 3.63) is 41.5 Å². The number of benzene rings is 1. The topological polar surface area (TPSA) is 49.3 Å². The minimum atomic E-state index is -0.525. The van der Waals surface area contributed by atoms with Crippen LogP contribution in [-0.4, -0.2) is 11.1 Å². The van der Waals surface area contributed by atoms with E-state index in [1.165, 1.54) is 17.1 Å². The molecule has 1 aromatic rings. The first-order valence-corrected chi connectivity index (χ1v) is 5.56. The molecule has 0 aliphatic heterocycles.